The molecule has 134 valence electrons. The lowest BCUT2D eigenvalue weighted by Gasteiger charge is -2.03. The van der Waals surface area contributed by atoms with Gasteiger partial charge in [0, 0.05) is 11.4 Å². The second-order valence-corrected chi connectivity index (χ2v) is 8.27. The van der Waals surface area contributed by atoms with Crippen molar-refractivity contribution in [3.63, 3.8) is 0 Å². The fraction of sp³-hybridized carbons (Fsp3) is 0.250. The predicted molar refractivity (Wildman–Crippen MR) is 94.7 cm³/mol. The first kappa shape index (κ1) is 19.8. The van der Waals surface area contributed by atoms with E-state index in [9.17, 15) is 13.0 Å². The zero-order valence-electron chi connectivity index (χ0n) is 13.2. The van der Waals surface area contributed by atoms with Crippen LogP contribution in [0.3, 0.4) is 0 Å². The molecule has 2 rings (SSSR count). The number of hydrogen-bond donors (Lipinski definition) is 0. The maximum Gasteiger partial charge on any atom is 0.510 e. The van der Waals surface area contributed by atoms with E-state index in [1.54, 1.807) is 0 Å². The first-order valence-corrected chi connectivity index (χ1v) is 10.5. The molecule has 0 saturated carbocycles. The van der Waals surface area contributed by atoms with E-state index in [1.165, 1.54) is 24.3 Å². The first-order valence-electron chi connectivity index (χ1n) is 7.38. The van der Waals surface area contributed by atoms with Gasteiger partial charge in [0.15, 0.2) is 6.16 Å². The van der Waals surface area contributed by atoms with E-state index in [0.29, 0.717) is 18.1 Å². The number of para-hydroxylation sites is 1. The molecule has 0 N–H and O–H groups in total. The van der Waals surface area contributed by atoms with E-state index in [4.69, 9.17) is 25.0 Å². The third-order valence-electron chi connectivity index (χ3n) is 3.00. The fourth-order valence-electron chi connectivity index (χ4n) is 1.78. The van der Waals surface area contributed by atoms with E-state index < -0.39 is 24.9 Å². The highest BCUT2D eigenvalue weighted by Gasteiger charge is 2.21. The maximum atomic E-state index is 11.9. The molecule has 1 atom stereocenters. The van der Waals surface area contributed by atoms with Crippen molar-refractivity contribution in [3.8, 4) is 5.75 Å². The van der Waals surface area contributed by atoms with Crippen LogP contribution in [0.5, 0.6) is 5.75 Å². The summed E-state index contributed by atoms with van der Waals surface area (Å²) in [4.78, 5) is -0.0491. The fourth-order valence-corrected chi connectivity index (χ4v) is 3.44. The third-order valence-corrected chi connectivity index (χ3v) is 5.58. The van der Waals surface area contributed by atoms with Gasteiger partial charge in [-0.25, -0.2) is 4.18 Å². The molecule has 0 radical (unpaired) electrons. The summed E-state index contributed by atoms with van der Waals surface area (Å²) >= 11 is 5.70. The molecule has 0 aromatic heterocycles. The lowest BCUT2D eigenvalue weighted by molar-refractivity contribution is 0.134. The normalized spacial score (nSPS) is 12.0. The average Bonchev–Trinajstić information content (AvgIpc) is 2.60. The van der Waals surface area contributed by atoms with E-state index in [1.807, 2.05) is 30.3 Å². The second kappa shape index (κ2) is 9.85. The van der Waals surface area contributed by atoms with Gasteiger partial charge in [-0.15, -0.1) is 4.52 Å². The summed E-state index contributed by atoms with van der Waals surface area (Å²) in [6.45, 7) is -0.224. The molecule has 2 aromatic carbocycles. The Balaban J connectivity index is 1.65. The molecular formula is C16H17ClO6PS+. The molecule has 0 spiro atoms. The monoisotopic (exact) mass is 403 g/mol. The Hall–Kier alpha value is -1.50. The predicted octanol–water partition coefficient (Wildman–Crippen LogP) is 4.23. The molecule has 0 aliphatic carbocycles. The number of ether oxygens (including phenoxy) is 1. The average molecular weight is 404 g/mol. The van der Waals surface area contributed by atoms with E-state index in [0.717, 1.165) is 5.75 Å². The van der Waals surface area contributed by atoms with Gasteiger partial charge in [-0.2, -0.15) is 8.42 Å². The first-order chi connectivity index (χ1) is 12.0. The maximum absolute atomic E-state index is 11.9. The Morgan fingerprint density at radius 1 is 1.00 bits per heavy atom. The Labute approximate surface area is 152 Å². The van der Waals surface area contributed by atoms with Crippen molar-refractivity contribution in [2.24, 2.45) is 0 Å². The van der Waals surface area contributed by atoms with Gasteiger partial charge in [-0.3, -0.25) is 0 Å². The Bertz CT molecular complexity index is 780. The molecule has 1 unspecified atom stereocenters. The third kappa shape index (κ3) is 7.10. The molecule has 6 nitrogen and oxygen atoms in total. The zero-order chi connectivity index (χ0) is 18.1. The van der Waals surface area contributed by atoms with Crippen LogP contribution >= 0.6 is 19.6 Å². The van der Waals surface area contributed by atoms with Crippen molar-refractivity contribution in [2.75, 3.05) is 19.6 Å². The minimum absolute atomic E-state index is 0.0491. The van der Waals surface area contributed by atoms with Gasteiger partial charge in [0.1, 0.15) is 5.75 Å². The summed E-state index contributed by atoms with van der Waals surface area (Å²) in [6, 6.07) is 14.8. The lowest BCUT2D eigenvalue weighted by Crippen LogP contribution is -2.08. The highest BCUT2D eigenvalue weighted by atomic mass is 35.5. The smallest absolute Gasteiger partial charge is 0.493 e. The number of rotatable bonds is 10. The SMILES string of the molecule is O=[P+](CCCOc1ccccc1)OCOS(=O)(=O)c1ccc(Cl)cc1. The van der Waals surface area contributed by atoms with Crippen LogP contribution in [0.1, 0.15) is 6.42 Å². The molecule has 0 heterocycles. The summed E-state index contributed by atoms with van der Waals surface area (Å²) in [5.41, 5.74) is 0. The molecule has 0 aliphatic rings. The van der Waals surface area contributed by atoms with Crippen LogP contribution < -0.4 is 4.74 Å². The molecule has 9 heteroatoms. The number of halogens is 1. The van der Waals surface area contributed by atoms with Gasteiger partial charge in [0.25, 0.3) is 10.1 Å². The molecule has 0 bridgehead atoms. The molecule has 0 saturated heterocycles. The van der Waals surface area contributed by atoms with Crippen molar-refractivity contribution < 1.29 is 26.4 Å². The molecule has 25 heavy (non-hydrogen) atoms. The van der Waals surface area contributed by atoms with Crippen LogP contribution in [-0.2, 0) is 23.4 Å². The van der Waals surface area contributed by atoms with Gasteiger partial charge in [0.2, 0.25) is 6.79 Å². The van der Waals surface area contributed by atoms with Gasteiger partial charge in [-0.1, -0.05) is 29.8 Å². The standard InChI is InChI=1S/C16H17ClO6PS/c17-14-7-9-16(10-8-14)25(19,20)23-13-22-24(18)12-4-11-21-15-5-2-1-3-6-15/h1-3,5-10H,4,11-13H2/q+1. The van der Waals surface area contributed by atoms with Gasteiger partial charge in [0.05, 0.1) is 11.5 Å². The van der Waals surface area contributed by atoms with Crippen molar-refractivity contribution in [1.82, 2.24) is 0 Å². The number of benzene rings is 2. The van der Waals surface area contributed by atoms with E-state index >= 15 is 0 Å². The highest BCUT2D eigenvalue weighted by molar-refractivity contribution is 7.86. The summed E-state index contributed by atoms with van der Waals surface area (Å²) in [6.07, 6.45) is 0.751. The van der Waals surface area contributed by atoms with Crippen molar-refractivity contribution in [3.05, 3.63) is 59.6 Å². The quantitative estimate of drug-likeness (QED) is 0.255. The Morgan fingerprint density at radius 2 is 1.68 bits per heavy atom. The van der Waals surface area contributed by atoms with Crippen molar-refractivity contribution in [1.29, 1.82) is 0 Å². The Morgan fingerprint density at radius 3 is 2.36 bits per heavy atom. The molecule has 2 aromatic rings. The van der Waals surface area contributed by atoms with Crippen molar-refractivity contribution in [2.45, 2.75) is 11.3 Å². The van der Waals surface area contributed by atoms with Crippen molar-refractivity contribution >= 4 is 29.7 Å². The van der Waals surface area contributed by atoms with Gasteiger partial charge in [-0.05, 0) is 41.0 Å². The number of hydrogen-bond acceptors (Lipinski definition) is 6. The Kier molecular flexibility index (Phi) is 7.81. The summed E-state index contributed by atoms with van der Waals surface area (Å²) in [7, 11) is -6.00. The van der Waals surface area contributed by atoms with Crippen LogP contribution in [0.15, 0.2) is 59.5 Å². The van der Waals surface area contributed by atoms with Crippen LogP contribution in [0, 0.1) is 0 Å². The zero-order valence-corrected chi connectivity index (χ0v) is 15.7. The highest BCUT2D eigenvalue weighted by Crippen LogP contribution is 2.24. The summed E-state index contributed by atoms with van der Waals surface area (Å²) < 4.78 is 50.5. The van der Waals surface area contributed by atoms with Crippen LogP contribution in [-0.4, -0.2) is 28.0 Å². The van der Waals surface area contributed by atoms with E-state index in [2.05, 4.69) is 0 Å². The molecule has 0 fully saturated rings. The van der Waals surface area contributed by atoms with Gasteiger partial charge < -0.3 is 4.74 Å². The topological polar surface area (TPSA) is 78.9 Å². The van der Waals surface area contributed by atoms with E-state index in [-0.39, 0.29) is 11.1 Å². The summed E-state index contributed by atoms with van der Waals surface area (Å²) in [5.74, 6) is 0.732. The lowest BCUT2D eigenvalue weighted by atomic mass is 10.3. The molecule has 0 aliphatic heterocycles. The molecule has 0 amide bonds. The minimum atomic E-state index is -3.97. The molecular weight excluding hydrogens is 387 g/mol. The van der Waals surface area contributed by atoms with Crippen LogP contribution in [0.25, 0.3) is 0 Å². The summed E-state index contributed by atoms with van der Waals surface area (Å²) in [5, 5.41) is 0.413. The van der Waals surface area contributed by atoms with Gasteiger partial charge >= 0.3 is 8.03 Å². The minimum Gasteiger partial charge on any atom is -0.493 e. The largest absolute Gasteiger partial charge is 0.510 e. The second-order valence-electron chi connectivity index (χ2n) is 4.84. The van der Waals surface area contributed by atoms with Crippen LogP contribution in [0.2, 0.25) is 5.02 Å². The van der Waals surface area contributed by atoms with Crippen LogP contribution in [0.4, 0.5) is 0 Å².